The van der Waals surface area contributed by atoms with E-state index in [1.54, 1.807) is 0 Å². The molecule has 0 bridgehead atoms. The molecule has 3 heteroatoms. The van der Waals surface area contributed by atoms with Crippen LogP contribution in [0.4, 0.5) is 0 Å². The van der Waals surface area contributed by atoms with Crippen LogP contribution in [-0.2, 0) is 4.79 Å². The zero-order valence-electron chi connectivity index (χ0n) is 12.1. The lowest BCUT2D eigenvalue weighted by Crippen LogP contribution is -2.52. The van der Waals surface area contributed by atoms with E-state index >= 15 is 0 Å². The van der Waals surface area contributed by atoms with Gasteiger partial charge in [-0.2, -0.15) is 0 Å². The minimum absolute atomic E-state index is 0.179. The molecule has 1 amide bonds. The molecule has 0 aromatic rings. The van der Waals surface area contributed by atoms with Crippen molar-refractivity contribution in [2.24, 2.45) is 23.0 Å². The van der Waals surface area contributed by atoms with Gasteiger partial charge in [0, 0.05) is 25.0 Å². The van der Waals surface area contributed by atoms with Crippen LogP contribution in [-0.4, -0.2) is 29.9 Å². The van der Waals surface area contributed by atoms with Crippen molar-refractivity contribution >= 4 is 5.91 Å². The normalized spacial score (nSPS) is 36.4. The van der Waals surface area contributed by atoms with Gasteiger partial charge in [-0.25, -0.2) is 0 Å². The third-order valence-corrected chi connectivity index (χ3v) is 5.09. The Morgan fingerprint density at radius 3 is 2.61 bits per heavy atom. The standard InChI is InChI=1S/C15H28N2O/c1-11-10-17(9-7-13(11)16)14(18)12-6-4-5-8-15(12,2)3/h11-13H,4-10,16H2,1-3H3. The van der Waals surface area contributed by atoms with Gasteiger partial charge in [-0.3, -0.25) is 4.79 Å². The van der Waals surface area contributed by atoms with Gasteiger partial charge in [-0.15, -0.1) is 0 Å². The summed E-state index contributed by atoms with van der Waals surface area (Å²) >= 11 is 0. The van der Waals surface area contributed by atoms with Crippen LogP contribution in [0, 0.1) is 17.3 Å². The maximum absolute atomic E-state index is 12.7. The molecule has 2 aliphatic rings. The lowest BCUT2D eigenvalue weighted by Gasteiger charge is -2.43. The molecular weight excluding hydrogens is 224 g/mol. The number of hydrogen-bond donors (Lipinski definition) is 1. The average molecular weight is 252 g/mol. The van der Waals surface area contributed by atoms with Gasteiger partial charge in [0.15, 0.2) is 0 Å². The van der Waals surface area contributed by atoms with Crippen molar-refractivity contribution in [3.05, 3.63) is 0 Å². The zero-order chi connectivity index (χ0) is 13.3. The van der Waals surface area contributed by atoms with Gasteiger partial charge in [0.1, 0.15) is 0 Å². The molecule has 1 heterocycles. The highest BCUT2D eigenvalue weighted by Crippen LogP contribution is 2.41. The molecule has 2 N–H and O–H groups in total. The van der Waals surface area contributed by atoms with Gasteiger partial charge in [0.2, 0.25) is 5.91 Å². The smallest absolute Gasteiger partial charge is 0.226 e. The Balaban J connectivity index is 2.02. The maximum Gasteiger partial charge on any atom is 0.226 e. The summed E-state index contributed by atoms with van der Waals surface area (Å²) in [4.78, 5) is 14.8. The number of carbonyl (C=O) groups is 1. The predicted octanol–water partition coefficient (Wildman–Crippen LogP) is 2.40. The Morgan fingerprint density at radius 1 is 1.28 bits per heavy atom. The monoisotopic (exact) mass is 252 g/mol. The first kappa shape index (κ1) is 13.9. The minimum Gasteiger partial charge on any atom is -0.342 e. The van der Waals surface area contributed by atoms with Crippen molar-refractivity contribution in [1.29, 1.82) is 0 Å². The van der Waals surface area contributed by atoms with Gasteiger partial charge >= 0.3 is 0 Å². The van der Waals surface area contributed by atoms with Crippen LogP contribution < -0.4 is 5.73 Å². The summed E-state index contributed by atoms with van der Waals surface area (Å²) in [6.07, 6.45) is 5.70. The molecule has 1 aliphatic heterocycles. The highest BCUT2D eigenvalue weighted by molar-refractivity contribution is 5.79. The third-order valence-electron chi connectivity index (χ3n) is 5.09. The average Bonchev–Trinajstić information content (AvgIpc) is 2.31. The zero-order valence-corrected chi connectivity index (χ0v) is 12.1. The van der Waals surface area contributed by atoms with E-state index in [9.17, 15) is 4.79 Å². The van der Waals surface area contributed by atoms with E-state index < -0.39 is 0 Å². The predicted molar refractivity (Wildman–Crippen MR) is 74.1 cm³/mol. The van der Waals surface area contributed by atoms with E-state index in [4.69, 9.17) is 5.73 Å². The topological polar surface area (TPSA) is 46.3 Å². The Kier molecular flexibility index (Phi) is 4.00. The number of hydrogen-bond acceptors (Lipinski definition) is 2. The molecule has 1 saturated carbocycles. The molecule has 3 atom stereocenters. The summed E-state index contributed by atoms with van der Waals surface area (Å²) in [6.45, 7) is 8.39. The molecule has 0 spiro atoms. The molecule has 2 fully saturated rings. The number of rotatable bonds is 1. The number of piperidine rings is 1. The molecule has 3 unspecified atom stereocenters. The van der Waals surface area contributed by atoms with E-state index in [1.807, 2.05) is 0 Å². The van der Waals surface area contributed by atoms with Crippen molar-refractivity contribution in [2.75, 3.05) is 13.1 Å². The van der Waals surface area contributed by atoms with Crippen molar-refractivity contribution < 1.29 is 4.79 Å². The lowest BCUT2D eigenvalue weighted by atomic mass is 9.68. The van der Waals surface area contributed by atoms with Gasteiger partial charge < -0.3 is 10.6 Å². The van der Waals surface area contributed by atoms with Crippen LogP contribution in [0.15, 0.2) is 0 Å². The Labute approximate surface area is 111 Å². The fourth-order valence-electron chi connectivity index (χ4n) is 3.54. The highest BCUT2D eigenvalue weighted by Gasteiger charge is 2.40. The van der Waals surface area contributed by atoms with Gasteiger partial charge in [0.05, 0.1) is 0 Å². The number of likely N-dealkylation sites (tertiary alicyclic amines) is 1. The van der Waals surface area contributed by atoms with Crippen LogP contribution in [0.5, 0.6) is 0 Å². The summed E-state index contributed by atoms with van der Waals surface area (Å²) in [5.41, 5.74) is 6.21. The Morgan fingerprint density at radius 2 is 2.00 bits per heavy atom. The molecule has 18 heavy (non-hydrogen) atoms. The molecule has 104 valence electrons. The molecule has 0 aromatic carbocycles. The molecule has 1 aliphatic carbocycles. The van der Waals surface area contributed by atoms with Crippen molar-refractivity contribution in [3.8, 4) is 0 Å². The second-order valence-corrected chi connectivity index (χ2v) is 7.00. The molecule has 3 nitrogen and oxygen atoms in total. The van der Waals surface area contributed by atoms with E-state index in [2.05, 4.69) is 25.7 Å². The summed E-state index contributed by atoms with van der Waals surface area (Å²) in [7, 11) is 0. The first-order valence-corrected chi connectivity index (χ1v) is 7.46. The third kappa shape index (κ3) is 2.71. The van der Waals surface area contributed by atoms with Crippen molar-refractivity contribution in [2.45, 2.75) is 58.9 Å². The summed E-state index contributed by atoms with van der Waals surface area (Å²) < 4.78 is 0. The molecule has 0 radical (unpaired) electrons. The van der Waals surface area contributed by atoms with Crippen LogP contribution >= 0.6 is 0 Å². The lowest BCUT2D eigenvalue weighted by molar-refractivity contribution is -0.143. The largest absolute Gasteiger partial charge is 0.342 e. The van der Waals surface area contributed by atoms with Crippen molar-refractivity contribution in [3.63, 3.8) is 0 Å². The van der Waals surface area contributed by atoms with E-state index in [-0.39, 0.29) is 17.4 Å². The summed E-state index contributed by atoms with van der Waals surface area (Å²) in [5, 5.41) is 0. The number of nitrogens with zero attached hydrogens (tertiary/aromatic N) is 1. The molecule has 1 saturated heterocycles. The van der Waals surface area contributed by atoms with E-state index in [0.29, 0.717) is 11.8 Å². The van der Waals surface area contributed by atoms with Gasteiger partial charge in [0.25, 0.3) is 0 Å². The second-order valence-electron chi connectivity index (χ2n) is 7.00. The summed E-state index contributed by atoms with van der Waals surface area (Å²) in [5.74, 6) is 1.06. The fraction of sp³-hybridized carbons (Fsp3) is 0.933. The highest BCUT2D eigenvalue weighted by atomic mass is 16.2. The second kappa shape index (κ2) is 5.20. The molecule has 2 rings (SSSR count). The summed E-state index contributed by atoms with van der Waals surface area (Å²) in [6, 6.07) is 0.272. The number of amides is 1. The minimum atomic E-state index is 0.179. The quantitative estimate of drug-likeness (QED) is 0.779. The SMILES string of the molecule is CC1CN(C(=O)C2CCCCC2(C)C)CCC1N. The van der Waals surface area contributed by atoms with Gasteiger partial charge in [-0.1, -0.05) is 33.6 Å². The van der Waals surface area contributed by atoms with Crippen LogP contribution in [0.1, 0.15) is 52.9 Å². The fourth-order valence-corrected chi connectivity index (χ4v) is 3.54. The van der Waals surface area contributed by atoms with E-state index in [0.717, 1.165) is 25.9 Å². The van der Waals surface area contributed by atoms with Crippen LogP contribution in [0.2, 0.25) is 0 Å². The van der Waals surface area contributed by atoms with Crippen LogP contribution in [0.25, 0.3) is 0 Å². The molecule has 0 aromatic heterocycles. The van der Waals surface area contributed by atoms with Crippen molar-refractivity contribution in [1.82, 2.24) is 4.90 Å². The Hall–Kier alpha value is -0.570. The maximum atomic E-state index is 12.7. The first-order valence-electron chi connectivity index (χ1n) is 7.46. The Bertz CT molecular complexity index is 314. The number of nitrogens with two attached hydrogens (primary N) is 1. The first-order chi connectivity index (χ1) is 8.42. The molecular formula is C15H28N2O. The van der Waals surface area contributed by atoms with E-state index in [1.165, 1.54) is 19.3 Å². The van der Waals surface area contributed by atoms with Crippen LogP contribution in [0.3, 0.4) is 0 Å². The number of carbonyl (C=O) groups excluding carboxylic acids is 1. The van der Waals surface area contributed by atoms with Gasteiger partial charge in [-0.05, 0) is 30.6 Å².